The van der Waals surface area contributed by atoms with E-state index in [1.165, 1.54) is 14.2 Å². The molecule has 1 atom stereocenters. The fourth-order valence-electron chi connectivity index (χ4n) is 2.63. The van der Waals surface area contributed by atoms with E-state index >= 15 is 0 Å². The molecule has 1 unspecified atom stereocenters. The van der Waals surface area contributed by atoms with Gasteiger partial charge in [-0.15, -0.1) is 0 Å². The average Bonchev–Trinajstić information content (AvgIpc) is 2.65. The fourth-order valence-corrected chi connectivity index (χ4v) is 2.63. The van der Waals surface area contributed by atoms with Gasteiger partial charge in [0.05, 0.1) is 14.2 Å². The normalized spacial score (nSPS) is 12.0. The summed E-state index contributed by atoms with van der Waals surface area (Å²) in [5.41, 5.74) is 0.389. The maximum absolute atomic E-state index is 12.6. The highest BCUT2D eigenvalue weighted by molar-refractivity contribution is 5.98. The van der Waals surface area contributed by atoms with Gasteiger partial charge in [-0.2, -0.15) is 0 Å². The van der Waals surface area contributed by atoms with Gasteiger partial charge in [-0.05, 0) is 24.0 Å². The number of carbonyl (C=O) groups excluding carboxylic acids is 2. The van der Waals surface area contributed by atoms with E-state index in [4.69, 9.17) is 9.47 Å². The number of benzene rings is 1. The van der Waals surface area contributed by atoms with E-state index in [1.54, 1.807) is 18.2 Å². The van der Waals surface area contributed by atoms with E-state index in [0.29, 0.717) is 29.5 Å². The van der Waals surface area contributed by atoms with Crippen molar-refractivity contribution in [2.75, 3.05) is 20.8 Å². The minimum absolute atomic E-state index is 0.0341. The van der Waals surface area contributed by atoms with E-state index in [-0.39, 0.29) is 17.7 Å². The second-order valence-corrected chi connectivity index (χ2v) is 6.72. The predicted molar refractivity (Wildman–Crippen MR) is 103 cm³/mol. The summed E-state index contributed by atoms with van der Waals surface area (Å²) in [7, 11) is 3.05. The molecule has 0 aliphatic rings. The molecule has 0 aliphatic carbocycles. The fraction of sp³-hybridized carbons (Fsp3) is 0.600. The number of ether oxygens (including phenoxy) is 2. The molecule has 0 spiro atoms. The van der Waals surface area contributed by atoms with Crippen molar-refractivity contribution < 1.29 is 19.1 Å². The monoisotopic (exact) mass is 364 g/mol. The zero-order valence-electron chi connectivity index (χ0n) is 16.7. The van der Waals surface area contributed by atoms with Gasteiger partial charge in [0.2, 0.25) is 5.91 Å². The average molecular weight is 364 g/mol. The van der Waals surface area contributed by atoms with Crippen LogP contribution in [-0.4, -0.2) is 38.6 Å². The first-order chi connectivity index (χ1) is 12.4. The quantitative estimate of drug-likeness (QED) is 0.669. The maximum atomic E-state index is 12.6. The van der Waals surface area contributed by atoms with Crippen molar-refractivity contribution in [2.45, 2.75) is 46.6 Å². The van der Waals surface area contributed by atoms with Crippen LogP contribution in [0.1, 0.15) is 50.9 Å². The molecule has 146 valence electrons. The van der Waals surface area contributed by atoms with Crippen LogP contribution in [-0.2, 0) is 4.79 Å². The van der Waals surface area contributed by atoms with Crippen LogP contribution in [0.15, 0.2) is 18.2 Å². The summed E-state index contributed by atoms with van der Waals surface area (Å²) < 4.78 is 10.4. The van der Waals surface area contributed by atoms with Crippen LogP contribution in [0, 0.1) is 11.8 Å². The minimum Gasteiger partial charge on any atom is -0.497 e. The first-order valence-corrected chi connectivity index (χ1v) is 9.17. The lowest BCUT2D eigenvalue weighted by Crippen LogP contribution is -2.50. The molecule has 26 heavy (non-hydrogen) atoms. The molecule has 1 rings (SSSR count). The first kappa shape index (κ1) is 21.8. The van der Waals surface area contributed by atoms with E-state index in [2.05, 4.69) is 24.5 Å². The Balaban J connectivity index is 2.86. The Morgan fingerprint density at radius 3 is 1.96 bits per heavy atom. The first-order valence-electron chi connectivity index (χ1n) is 9.17. The van der Waals surface area contributed by atoms with Crippen molar-refractivity contribution in [3.63, 3.8) is 0 Å². The van der Waals surface area contributed by atoms with E-state index in [1.807, 2.05) is 13.8 Å². The number of rotatable bonds is 10. The second kappa shape index (κ2) is 10.7. The molecule has 0 aromatic heterocycles. The molecule has 0 saturated carbocycles. The number of carbonyl (C=O) groups is 2. The maximum Gasteiger partial charge on any atom is 0.252 e. The van der Waals surface area contributed by atoms with Gasteiger partial charge in [0.1, 0.15) is 17.5 Å². The summed E-state index contributed by atoms with van der Waals surface area (Å²) >= 11 is 0. The van der Waals surface area contributed by atoms with Crippen molar-refractivity contribution in [2.24, 2.45) is 11.8 Å². The Hall–Kier alpha value is -2.24. The van der Waals surface area contributed by atoms with Gasteiger partial charge < -0.3 is 20.1 Å². The van der Waals surface area contributed by atoms with Crippen LogP contribution in [0.2, 0.25) is 0 Å². The summed E-state index contributed by atoms with van der Waals surface area (Å²) in [6, 6.07) is 4.34. The Morgan fingerprint density at radius 1 is 1.00 bits per heavy atom. The van der Waals surface area contributed by atoms with Crippen LogP contribution in [0.25, 0.3) is 0 Å². The van der Waals surface area contributed by atoms with E-state index in [0.717, 1.165) is 12.8 Å². The highest BCUT2D eigenvalue weighted by Gasteiger charge is 2.25. The van der Waals surface area contributed by atoms with Crippen LogP contribution in [0.5, 0.6) is 11.5 Å². The number of amides is 2. The molecule has 6 nitrogen and oxygen atoms in total. The van der Waals surface area contributed by atoms with Gasteiger partial charge in [-0.25, -0.2) is 0 Å². The Bertz CT molecular complexity index is 575. The van der Waals surface area contributed by atoms with Crippen LogP contribution < -0.4 is 20.1 Å². The zero-order chi connectivity index (χ0) is 19.7. The van der Waals surface area contributed by atoms with Gasteiger partial charge in [-0.3, -0.25) is 9.59 Å². The Morgan fingerprint density at radius 2 is 1.54 bits per heavy atom. The topological polar surface area (TPSA) is 76.7 Å². The largest absolute Gasteiger partial charge is 0.497 e. The summed E-state index contributed by atoms with van der Waals surface area (Å²) in [6.45, 7) is 8.66. The van der Waals surface area contributed by atoms with Gasteiger partial charge in [0.25, 0.3) is 5.91 Å². The Labute approximate surface area is 156 Å². The summed E-state index contributed by atoms with van der Waals surface area (Å²) in [6.07, 6.45) is 2.03. The van der Waals surface area contributed by atoms with E-state index < -0.39 is 6.04 Å². The molecule has 1 aromatic rings. The van der Waals surface area contributed by atoms with Gasteiger partial charge >= 0.3 is 0 Å². The highest BCUT2D eigenvalue weighted by Crippen LogP contribution is 2.22. The molecule has 6 heteroatoms. The number of hydrogen-bond donors (Lipinski definition) is 2. The van der Waals surface area contributed by atoms with Crippen molar-refractivity contribution in [3.05, 3.63) is 23.8 Å². The smallest absolute Gasteiger partial charge is 0.252 e. The Kier molecular flexibility index (Phi) is 8.96. The summed E-state index contributed by atoms with van der Waals surface area (Å²) in [5, 5.41) is 5.80. The third-order valence-electron chi connectivity index (χ3n) is 4.57. The lowest BCUT2D eigenvalue weighted by molar-refractivity contribution is -0.124. The molecule has 0 fully saturated rings. The summed E-state index contributed by atoms with van der Waals surface area (Å²) in [4.78, 5) is 25.2. The van der Waals surface area contributed by atoms with Gasteiger partial charge in [-0.1, -0.05) is 40.5 Å². The van der Waals surface area contributed by atoms with Crippen LogP contribution >= 0.6 is 0 Å². The van der Waals surface area contributed by atoms with Crippen LogP contribution in [0.4, 0.5) is 0 Å². The van der Waals surface area contributed by atoms with Crippen LogP contribution in [0.3, 0.4) is 0 Å². The molecule has 2 N–H and O–H groups in total. The molecule has 2 amide bonds. The second-order valence-electron chi connectivity index (χ2n) is 6.72. The molecular weight excluding hydrogens is 332 g/mol. The van der Waals surface area contributed by atoms with Crippen molar-refractivity contribution in [1.29, 1.82) is 0 Å². The third-order valence-corrected chi connectivity index (χ3v) is 4.57. The highest BCUT2D eigenvalue weighted by atomic mass is 16.5. The van der Waals surface area contributed by atoms with Crippen molar-refractivity contribution >= 4 is 11.8 Å². The molecule has 0 bridgehead atoms. The van der Waals surface area contributed by atoms with Gasteiger partial charge in [0, 0.05) is 18.2 Å². The number of nitrogens with one attached hydrogen (secondary N) is 2. The number of methoxy groups -OCH3 is 2. The zero-order valence-corrected chi connectivity index (χ0v) is 16.7. The predicted octanol–water partition coefficient (Wildman–Crippen LogP) is 3.01. The van der Waals surface area contributed by atoms with Crippen molar-refractivity contribution in [3.8, 4) is 11.5 Å². The lowest BCUT2D eigenvalue weighted by atomic mass is 10.0. The standard InChI is InChI=1S/C20H32N2O4/c1-7-14(8-2)12-21-20(24)18(13(3)4)22-19(23)15-9-16(25-5)11-17(10-15)26-6/h9-11,13-14,18H,7-8,12H2,1-6H3,(H,21,24)(H,22,23). The third kappa shape index (κ3) is 6.24. The van der Waals surface area contributed by atoms with E-state index in [9.17, 15) is 9.59 Å². The van der Waals surface area contributed by atoms with Gasteiger partial charge in [0.15, 0.2) is 0 Å². The molecule has 0 radical (unpaired) electrons. The molecule has 0 saturated heterocycles. The molecule has 0 aliphatic heterocycles. The molecule has 0 heterocycles. The minimum atomic E-state index is -0.603. The molecular formula is C20H32N2O4. The SMILES string of the molecule is CCC(CC)CNC(=O)C(NC(=O)c1cc(OC)cc(OC)c1)C(C)C. The van der Waals surface area contributed by atoms with Crippen molar-refractivity contribution in [1.82, 2.24) is 10.6 Å². The number of hydrogen-bond acceptors (Lipinski definition) is 4. The summed E-state index contributed by atoms with van der Waals surface area (Å²) in [5.74, 6) is 0.967. The molecule has 1 aromatic carbocycles. The lowest BCUT2D eigenvalue weighted by Gasteiger charge is -2.23.